The summed E-state index contributed by atoms with van der Waals surface area (Å²) in [7, 11) is 0. The lowest BCUT2D eigenvalue weighted by molar-refractivity contribution is 0.134. The number of halogens is 1. The Hall–Kier alpha value is -1.65. The monoisotopic (exact) mass is 275 g/mol. The van der Waals surface area contributed by atoms with Gasteiger partial charge in [-0.15, -0.1) is 0 Å². The largest absolute Gasteiger partial charge is 0.372 e. The number of hydrogen-bond acceptors (Lipinski definition) is 4. The number of hydrogen-bond donors (Lipinski definition) is 1. The van der Waals surface area contributed by atoms with Crippen LogP contribution in [0.5, 0.6) is 0 Å². The summed E-state index contributed by atoms with van der Waals surface area (Å²) in [5, 5.41) is 3.69. The number of fused-ring (bicyclic) bond motifs is 1. The highest BCUT2D eigenvalue weighted by Gasteiger charge is 2.10. The molecule has 1 aliphatic heterocycles. The van der Waals surface area contributed by atoms with Gasteiger partial charge in [-0.2, -0.15) is 0 Å². The number of rotatable bonds is 4. The predicted molar refractivity (Wildman–Crippen MR) is 74.2 cm³/mol. The zero-order valence-corrected chi connectivity index (χ0v) is 11.2. The van der Waals surface area contributed by atoms with E-state index < -0.39 is 0 Å². The quantitative estimate of drug-likeness (QED) is 0.872. The molecule has 1 aromatic carbocycles. The molecule has 3 rings (SSSR count). The van der Waals surface area contributed by atoms with Crippen molar-refractivity contribution in [3.05, 3.63) is 52.4 Å². The van der Waals surface area contributed by atoms with Crippen LogP contribution in [0.3, 0.4) is 0 Å². The van der Waals surface area contributed by atoms with Crippen molar-refractivity contribution in [3.8, 4) is 0 Å². The minimum absolute atomic E-state index is 0.451. The van der Waals surface area contributed by atoms with Gasteiger partial charge in [-0.05, 0) is 23.1 Å². The molecule has 0 amide bonds. The molecule has 5 heteroatoms. The van der Waals surface area contributed by atoms with Gasteiger partial charge in [0.25, 0.3) is 0 Å². The van der Waals surface area contributed by atoms with Crippen LogP contribution in [0.15, 0.2) is 30.6 Å². The second-order valence-corrected chi connectivity index (χ2v) is 4.89. The van der Waals surface area contributed by atoms with Crippen molar-refractivity contribution >= 4 is 17.4 Å². The standard InChI is InChI=1S/C14H14ClN3O/c15-13-6-14(18-9-17-13)16-4-3-10-1-2-11-7-19-8-12(11)5-10/h1-2,5-6,9H,3-4,7-8H2,(H,16,17,18). The molecule has 19 heavy (non-hydrogen) atoms. The Morgan fingerprint density at radius 2 is 2.05 bits per heavy atom. The average molecular weight is 276 g/mol. The molecule has 0 spiro atoms. The van der Waals surface area contributed by atoms with Crippen LogP contribution in [0.4, 0.5) is 5.82 Å². The molecule has 0 radical (unpaired) electrons. The van der Waals surface area contributed by atoms with E-state index in [1.165, 1.54) is 23.0 Å². The highest BCUT2D eigenvalue weighted by Crippen LogP contribution is 2.21. The third kappa shape index (κ3) is 3.03. The van der Waals surface area contributed by atoms with E-state index in [0.717, 1.165) is 32.0 Å². The van der Waals surface area contributed by atoms with Crippen LogP contribution >= 0.6 is 11.6 Å². The van der Waals surface area contributed by atoms with Crippen LogP contribution in [0.1, 0.15) is 16.7 Å². The molecule has 0 atom stereocenters. The zero-order chi connectivity index (χ0) is 13.1. The molecule has 0 bridgehead atoms. The lowest BCUT2D eigenvalue weighted by Crippen LogP contribution is -2.06. The maximum atomic E-state index is 5.80. The van der Waals surface area contributed by atoms with E-state index in [-0.39, 0.29) is 0 Å². The summed E-state index contributed by atoms with van der Waals surface area (Å²) in [5.41, 5.74) is 3.92. The third-order valence-electron chi connectivity index (χ3n) is 3.14. The molecule has 0 saturated carbocycles. The Morgan fingerprint density at radius 3 is 2.95 bits per heavy atom. The summed E-state index contributed by atoms with van der Waals surface area (Å²) < 4.78 is 5.41. The van der Waals surface area contributed by atoms with Crippen molar-refractivity contribution in [1.29, 1.82) is 0 Å². The Balaban J connectivity index is 1.58. The number of benzene rings is 1. The fourth-order valence-corrected chi connectivity index (χ4v) is 2.29. The zero-order valence-electron chi connectivity index (χ0n) is 10.4. The maximum absolute atomic E-state index is 5.80. The van der Waals surface area contributed by atoms with E-state index in [9.17, 15) is 0 Å². The Morgan fingerprint density at radius 1 is 1.16 bits per heavy atom. The molecule has 0 unspecified atom stereocenters. The van der Waals surface area contributed by atoms with Gasteiger partial charge in [0.05, 0.1) is 13.2 Å². The van der Waals surface area contributed by atoms with Crippen molar-refractivity contribution in [2.75, 3.05) is 11.9 Å². The summed E-state index contributed by atoms with van der Waals surface area (Å²) in [6.07, 6.45) is 2.40. The lowest BCUT2D eigenvalue weighted by Gasteiger charge is -2.06. The third-order valence-corrected chi connectivity index (χ3v) is 3.35. The first-order chi connectivity index (χ1) is 9.31. The first-order valence-electron chi connectivity index (χ1n) is 6.21. The van der Waals surface area contributed by atoms with Gasteiger partial charge < -0.3 is 10.1 Å². The Labute approximate surface area is 116 Å². The van der Waals surface area contributed by atoms with E-state index in [2.05, 4.69) is 33.5 Å². The lowest BCUT2D eigenvalue weighted by atomic mass is 10.0. The van der Waals surface area contributed by atoms with Crippen molar-refractivity contribution in [1.82, 2.24) is 9.97 Å². The van der Waals surface area contributed by atoms with Gasteiger partial charge in [0, 0.05) is 12.6 Å². The minimum Gasteiger partial charge on any atom is -0.372 e. The minimum atomic E-state index is 0.451. The fourth-order valence-electron chi connectivity index (χ4n) is 2.15. The number of anilines is 1. The van der Waals surface area contributed by atoms with E-state index in [4.69, 9.17) is 16.3 Å². The number of aromatic nitrogens is 2. The SMILES string of the molecule is Clc1cc(NCCc2ccc3c(c2)COC3)ncn1. The van der Waals surface area contributed by atoms with Gasteiger partial charge in [0.2, 0.25) is 0 Å². The summed E-state index contributed by atoms with van der Waals surface area (Å²) in [6.45, 7) is 2.29. The number of ether oxygens (including phenoxy) is 1. The van der Waals surface area contributed by atoms with E-state index >= 15 is 0 Å². The molecule has 98 valence electrons. The molecule has 1 N–H and O–H groups in total. The summed E-state index contributed by atoms with van der Waals surface area (Å²) in [4.78, 5) is 7.95. The van der Waals surface area contributed by atoms with Crippen molar-refractivity contribution < 1.29 is 4.74 Å². The van der Waals surface area contributed by atoms with Crippen LogP contribution in [-0.2, 0) is 24.4 Å². The molecule has 0 aliphatic carbocycles. The molecule has 1 aromatic heterocycles. The Bertz CT molecular complexity index is 589. The highest BCUT2D eigenvalue weighted by atomic mass is 35.5. The van der Waals surface area contributed by atoms with Crippen molar-refractivity contribution in [2.45, 2.75) is 19.6 Å². The van der Waals surface area contributed by atoms with Crippen molar-refractivity contribution in [3.63, 3.8) is 0 Å². The predicted octanol–water partition coefficient (Wildman–Crippen LogP) is 2.81. The van der Waals surface area contributed by atoms with Crippen molar-refractivity contribution in [2.24, 2.45) is 0 Å². The first kappa shape index (κ1) is 12.4. The first-order valence-corrected chi connectivity index (χ1v) is 6.59. The van der Waals surface area contributed by atoms with Gasteiger partial charge in [0.1, 0.15) is 17.3 Å². The van der Waals surface area contributed by atoms with E-state index in [1.54, 1.807) is 6.07 Å². The Kier molecular flexibility index (Phi) is 3.62. The highest BCUT2D eigenvalue weighted by molar-refractivity contribution is 6.29. The molecular weight excluding hydrogens is 262 g/mol. The van der Waals surface area contributed by atoms with Crippen LogP contribution < -0.4 is 5.32 Å². The van der Waals surface area contributed by atoms with Crippen LogP contribution in [0.25, 0.3) is 0 Å². The fraction of sp³-hybridized carbons (Fsp3) is 0.286. The smallest absolute Gasteiger partial charge is 0.134 e. The van der Waals surface area contributed by atoms with E-state index in [1.807, 2.05) is 0 Å². The summed E-state index contributed by atoms with van der Waals surface area (Å²) >= 11 is 5.80. The molecule has 2 aromatic rings. The second-order valence-electron chi connectivity index (χ2n) is 4.50. The summed E-state index contributed by atoms with van der Waals surface area (Å²) in [5.74, 6) is 0.754. The molecule has 1 aliphatic rings. The topological polar surface area (TPSA) is 47.0 Å². The molecular formula is C14H14ClN3O. The van der Waals surface area contributed by atoms with Gasteiger partial charge in [-0.25, -0.2) is 9.97 Å². The number of nitrogens with zero attached hydrogens (tertiary/aromatic N) is 2. The van der Waals surface area contributed by atoms with Gasteiger partial charge >= 0.3 is 0 Å². The van der Waals surface area contributed by atoms with Gasteiger partial charge in [0.15, 0.2) is 0 Å². The van der Waals surface area contributed by atoms with Crippen LogP contribution in [0.2, 0.25) is 5.15 Å². The second kappa shape index (κ2) is 5.55. The average Bonchev–Trinajstić information content (AvgIpc) is 2.86. The normalized spacial score (nSPS) is 13.3. The molecule has 4 nitrogen and oxygen atoms in total. The van der Waals surface area contributed by atoms with Crippen LogP contribution in [0, 0.1) is 0 Å². The summed E-state index contributed by atoms with van der Waals surface area (Å²) in [6, 6.07) is 8.25. The number of nitrogens with one attached hydrogen (secondary N) is 1. The molecule has 0 fully saturated rings. The van der Waals surface area contributed by atoms with Gasteiger partial charge in [-0.1, -0.05) is 29.8 Å². The van der Waals surface area contributed by atoms with Gasteiger partial charge in [-0.3, -0.25) is 0 Å². The van der Waals surface area contributed by atoms with E-state index in [0.29, 0.717) is 5.15 Å². The van der Waals surface area contributed by atoms with Crippen LogP contribution in [-0.4, -0.2) is 16.5 Å². The maximum Gasteiger partial charge on any atom is 0.134 e. The molecule has 0 saturated heterocycles. The molecule has 2 heterocycles.